The highest BCUT2D eigenvalue weighted by Gasteiger charge is 2.22. The highest BCUT2D eigenvalue weighted by molar-refractivity contribution is 7.98. The Hall–Kier alpha value is -1.53. The fourth-order valence-electron chi connectivity index (χ4n) is 3.06. The van der Waals surface area contributed by atoms with Crippen molar-refractivity contribution in [2.75, 3.05) is 18.6 Å². The number of carbonyl (C=O) groups excluding carboxylic acids is 1. The van der Waals surface area contributed by atoms with Gasteiger partial charge in [0.05, 0.1) is 17.1 Å². The van der Waals surface area contributed by atoms with E-state index in [9.17, 15) is 4.79 Å². The minimum atomic E-state index is -0.0521. The van der Waals surface area contributed by atoms with Crippen LogP contribution < -0.4 is 10.6 Å². The van der Waals surface area contributed by atoms with Gasteiger partial charge in [0.2, 0.25) is 5.91 Å². The summed E-state index contributed by atoms with van der Waals surface area (Å²) in [5, 5.41) is 6.55. The first kappa shape index (κ1) is 16.3. The van der Waals surface area contributed by atoms with Gasteiger partial charge in [-0.1, -0.05) is 12.1 Å². The Bertz CT molecular complexity index is 618. The van der Waals surface area contributed by atoms with Crippen molar-refractivity contribution in [3.05, 3.63) is 30.1 Å². The van der Waals surface area contributed by atoms with Crippen molar-refractivity contribution >= 4 is 28.7 Å². The number of amides is 1. The third kappa shape index (κ3) is 4.26. The lowest BCUT2D eigenvalue weighted by atomic mass is 10.1. The average molecular weight is 332 g/mol. The number of thioether (sulfide) groups is 1. The first-order chi connectivity index (χ1) is 11.3. The Morgan fingerprint density at radius 1 is 1.48 bits per heavy atom. The van der Waals surface area contributed by atoms with E-state index in [0.29, 0.717) is 12.5 Å². The van der Waals surface area contributed by atoms with Crippen LogP contribution in [0.15, 0.2) is 24.3 Å². The number of carbonyl (C=O) groups is 1. The maximum atomic E-state index is 12.4. The van der Waals surface area contributed by atoms with E-state index in [1.54, 1.807) is 11.8 Å². The Labute approximate surface area is 141 Å². The summed E-state index contributed by atoms with van der Waals surface area (Å²) in [6, 6.07) is 8.25. The minimum Gasteiger partial charge on any atom is -0.346 e. The van der Waals surface area contributed by atoms with Crippen molar-refractivity contribution < 1.29 is 4.79 Å². The molecule has 5 nitrogen and oxygen atoms in total. The summed E-state index contributed by atoms with van der Waals surface area (Å²) in [5.41, 5.74) is 1.96. The van der Waals surface area contributed by atoms with E-state index in [0.717, 1.165) is 48.4 Å². The van der Waals surface area contributed by atoms with Crippen LogP contribution in [-0.4, -0.2) is 40.5 Å². The molecule has 1 aliphatic rings. The highest BCUT2D eigenvalue weighted by Crippen LogP contribution is 2.20. The molecule has 1 aliphatic heterocycles. The van der Waals surface area contributed by atoms with E-state index in [1.807, 2.05) is 24.3 Å². The molecule has 1 aromatic carbocycles. The molecule has 124 valence electrons. The lowest BCUT2D eigenvalue weighted by Gasteiger charge is -2.18. The lowest BCUT2D eigenvalue weighted by Crippen LogP contribution is -2.34. The Kier molecular flexibility index (Phi) is 5.56. The molecule has 2 heterocycles. The van der Waals surface area contributed by atoms with Crippen molar-refractivity contribution in [1.82, 2.24) is 20.6 Å². The third-order valence-corrected chi connectivity index (χ3v) is 4.92. The van der Waals surface area contributed by atoms with Gasteiger partial charge in [-0.25, -0.2) is 4.98 Å². The van der Waals surface area contributed by atoms with Gasteiger partial charge < -0.3 is 15.6 Å². The van der Waals surface area contributed by atoms with E-state index in [1.165, 1.54) is 0 Å². The first-order valence-electron chi connectivity index (χ1n) is 8.22. The van der Waals surface area contributed by atoms with Crippen molar-refractivity contribution in [3.63, 3.8) is 0 Å². The number of H-pyrrole nitrogens is 1. The number of hydrogen-bond acceptors (Lipinski definition) is 4. The Balaban J connectivity index is 1.69. The van der Waals surface area contributed by atoms with Gasteiger partial charge in [0, 0.05) is 12.5 Å². The number of aromatic amines is 1. The lowest BCUT2D eigenvalue weighted by molar-refractivity contribution is -0.122. The van der Waals surface area contributed by atoms with Crippen LogP contribution in [0.25, 0.3) is 11.0 Å². The summed E-state index contributed by atoms with van der Waals surface area (Å²) in [6.07, 6.45) is 5.77. The van der Waals surface area contributed by atoms with Gasteiger partial charge in [-0.05, 0) is 49.9 Å². The molecule has 0 spiro atoms. The number of fused-ring (bicyclic) bond motifs is 1. The topological polar surface area (TPSA) is 69.8 Å². The van der Waals surface area contributed by atoms with E-state index in [4.69, 9.17) is 0 Å². The number of hydrogen-bond donors (Lipinski definition) is 3. The molecule has 0 saturated carbocycles. The number of nitrogens with zero attached hydrogens (tertiary/aromatic N) is 1. The second-order valence-corrected chi connectivity index (χ2v) is 7.02. The number of para-hydroxylation sites is 2. The predicted molar refractivity (Wildman–Crippen MR) is 95.6 cm³/mol. The zero-order valence-electron chi connectivity index (χ0n) is 13.5. The zero-order valence-corrected chi connectivity index (χ0v) is 14.3. The fourth-order valence-corrected chi connectivity index (χ4v) is 3.53. The van der Waals surface area contributed by atoms with E-state index >= 15 is 0 Å². The van der Waals surface area contributed by atoms with Crippen molar-refractivity contribution in [2.45, 2.75) is 37.8 Å². The molecule has 1 amide bonds. The van der Waals surface area contributed by atoms with Gasteiger partial charge in [0.1, 0.15) is 5.82 Å². The molecule has 2 atom stereocenters. The summed E-state index contributed by atoms with van der Waals surface area (Å²) in [4.78, 5) is 20.4. The zero-order chi connectivity index (χ0) is 16.1. The van der Waals surface area contributed by atoms with Crippen LogP contribution in [0.3, 0.4) is 0 Å². The summed E-state index contributed by atoms with van der Waals surface area (Å²) < 4.78 is 0. The van der Waals surface area contributed by atoms with Crippen LogP contribution in [0.2, 0.25) is 0 Å². The van der Waals surface area contributed by atoms with E-state index < -0.39 is 0 Å². The molecule has 2 aromatic rings. The molecule has 3 rings (SSSR count). The number of nitrogens with one attached hydrogen (secondary N) is 3. The SMILES string of the molecule is CSCCC(NC(=O)CC1CCCN1)c1nc2ccccc2[nH]1. The number of imidazole rings is 1. The second-order valence-electron chi connectivity index (χ2n) is 6.04. The van der Waals surface area contributed by atoms with Gasteiger partial charge in [-0.15, -0.1) is 0 Å². The van der Waals surface area contributed by atoms with Crippen molar-refractivity contribution in [1.29, 1.82) is 0 Å². The van der Waals surface area contributed by atoms with Crippen molar-refractivity contribution in [2.24, 2.45) is 0 Å². The highest BCUT2D eigenvalue weighted by atomic mass is 32.2. The molecule has 3 N–H and O–H groups in total. The molecule has 1 fully saturated rings. The molecular formula is C17H24N4OS. The normalized spacial score (nSPS) is 19.1. The van der Waals surface area contributed by atoms with Crippen LogP contribution >= 0.6 is 11.8 Å². The van der Waals surface area contributed by atoms with Gasteiger partial charge in [-0.2, -0.15) is 11.8 Å². The summed E-state index contributed by atoms with van der Waals surface area (Å²) in [6.45, 7) is 1.03. The summed E-state index contributed by atoms with van der Waals surface area (Å²) in [5.74, 6) is 1.95. The first-order valence-corrected chi connectivity index (χ1v) is 9.62. The molecule has 0 aliphatic carbocycles. The van der Waals surface area contributed by atoms with Crippen LogP contribution in [0.5, 0.6) is 0 Å². The van der Waals surface area contributed by atoms with Crippen LogP contribution in [0.4, 0.5) is 0 Å². The second kappa shape index (κ2) is 7.84. The monoisotopic (exact) mass is 332 g/mol. The molecular weight excluding hydrogens is 308 g/mol. The van der Waals surface area contributed by atoms with Gasteiger partial charge >= 0.3 is 0 Å². The smallest absolute Gasteiger partial charge is 0.222 e. The predicted octanol–water partition coefficient (Wildman–Crippen LogP) is 2.62. The Morgan fingerprint density at radius 2 is 2.35 bits per heavy atom. The van der Waals surface area contributed by atoms with Crippen molar-refractivity contribution in [3.8, 4) is 0 Å². The molecule has 1 aromatic heterocycles. The maximum absolute atomic E-state index is 12.4. The van der Waals surface area contributed by atoms with Gasteiger partial charge in [-0.3, -0.25) is 4.79 Å². The molecule has 0 bridgehead atoms. The standard InChI is InChI=1S/C17H24N4OS/c1-23-10-8-15(19-16(22)11-12-5-4-9-18-12)17-20-13-6-2-3-7-14(13)21-17/h2-3,6-7,12,15,18H,4-5,8-11H2,1H3,(H,19,22)(H,20,21). The molecule has 2 unspecified atom stereocenters. The van der Waals surface area contributed by atoms with E-state index in [-0.39, 0.29) is 11.9 Å². The summed E-state index contributed by atoms with van der Waals surface area (Å²) >= 11 is 1.79. The van der Waals surface area contributed by atoms with Crippen LogP contribution in [0, 0.1) is 0 Å². The molecule has 1 saturated heterocycles. The largest absolute Gasteiger partial charge is 0.346 e. The Morgan fingerprint density at radius 3 is 3.09 bits per heavy atom. The van der Waals surface area contributed by atoms with Gasteiger partial charge in [0.15, 0.2) is 0 Å². The van der Waals surface area contributed by atoms with Crippen LogP contribution in [0.1, 0.15) is 37.5 Å². The van der Waals surface area contributed by atoms with Gasteiger partial charge in [0.25, 0.3) is 0 Å². The number of aromatic nitrogens is 2. The molecule has 0 radical (unpaired) electrons. The van der Waals surface area contributed by atoms with Crippen LogP contribution in [-0.2, 0) is 4.79 Å². The maximum Gasteiger partial charge on any atom is 0.222 e. The third-order valence-electron chi connectivity index (χ3n) is 4.28. The number of benzene rings is 1. The minimum absolute atomic E-state index is 0.0521. The average Bonchev–Trinajstić information content (AvgIpc) is 3.20. The summed E-state index contributed by atoms with van der Waals surface area (Å²) in [7, 11) is 0. The fraction of sp³-hybridized carbons (Fsp3) is 0.529. The molecule has 23 heavy (non-hydrogen) atoms. The quantitative estimate of drug-likeness (QED) is 0.729. The number of rotatable bonds is 7. The molecule has 6 heteroatoms. The van der Waals surface area contributed by atoms with E-state index in [2.05, 4.69) is 26.9 Å².